The van der Waals surface area contributed by atoms with E-state index in [0.29, 0.717) is 6.04 Å². The average Bonchev–Trinajstić information content (AvgIpc) is 2.81. The molecule has 0 spiro atoms. The Labute approximate surface area is 115 Å². The highest BCUT2D eigenvalue weighted by molar-refractivity contribution is 5.02. The van der Waals surface area contributed by atoms with Crippen molar-refractivity contribution in [3.05, 3.63) is 11.9 Å². The highest BCUT2D eigenvalue weighted by Gasteiger charge is 2.36. The zero-order chi connectivity index (χ0) is 13.7. The van der Waals surface area contributed by atoms with Crippen molar-refractivity contribution in [2.45, 2.75) is 57.6 Å². The van der Waals surface area contributed by atoms with E-state index in [1.54, 1.807) is 4.68 Å². The van der Waals surface area contributed by atoms with Gasteiger partial charge in [0.25, 0.3) is 0 Å². The largest absolute Gasteiger partial charge is 0.374 e. The van der Waals surface area contributed by atoms with E-state index in [1.807, 2.05) is 13.2 Å². The van der Waals surface area contributed by atoms with Gasteiger partial charge in [0.2, 0.25) is 0 Å². The fourth-order valence-corrected chi connectivity index (χ4v) is 2.75. The molecule has 0 amide bonds. The van der Waals surface area contributed by atoms with Gasteiger partial charge in [0.15, 0.2) is 0 Å². The van der Waals surface area contributed by atoms with Crippen molar-refractivity contribution in [3.8, 4) is 0 Å². The van der Waals surface area contributed by atoms with Crippen molar-refractivity contribution < 1.29 is 4.74 Å². The van der Waals surface area contributed by atoms with E-state index in [1.165, 1.54) is 12.8 Å². The van der Waals surface area contributed by atoms with Gasteiger partial charge in [-0.3, -0.25) is 4.68 Å². The van der Waals surface area contributed by atoms with E-state index in [9.17, 15) is 0 Å². The van der Waals surface area contributed by atoms with Crippen molar-refractivity contribution >= 4 is 0 Å². The molecule has 0 bridgehead atoms. The number of aromatic nitrogens is 3. The maximum atomic E-state index is 6.09. The molecule has 2 unspecified atom stereocenters. The molecule has 1 aromatic heterocycles. The normalized spacial score (nSPS) is 25.4. The summed E-state index contributed by atoms with van der Waals surface area (Å²) in [6, 6.07) is 0.310. The Morgan fingerprint density at radius 1 is 1.53 bits per heavy atom. The van der Waals surface area contributed by atoms with Crippen LogP contribution in [0.15, 0.2) is 6.20 Å². The molecule has 5 nitrogen and oxygen atoms in total. The molecule has 19 heavy (non-hydrogen) atoms. The first-order valence-corrected chi connectivity index (χ1v) is 7.36. The Morgan fingerprint density at radius 2 is 2.37 bits per heavy atom. The lowest BCUT2D eigenvalue weighted by Gasteiger charge is -2.41. The first kappa shape index (κ1) is 14.5. The smallest absolute Gasteiger partial charge is 0.0843 e. The van der Waals surface area contributed by atoms with Gasteiger partial charge in [0.05, 0.1) is 11.3 Å². The highest BCUT2D eigenvalue weighted by Crippen LogP contribution is 2.29. The number of hydrogen-bond acceptors (Lipinski definition) is 4. The number of ether oxygens (including phenoxy) is 1. The second kappa shape index (κ2) is 6.48. The summed E-state index contributed by atoms with van der Waals surface area (Å²) >= 11 is 0. The molecule has 2 rings (SSSR count). The minimum atomic E-state index is -0.0784. The molecule has 1 aliphatic rings. The molecule has 5 heteroatoms. The maximum Gasteiger partial charge on any atom is 0.0843 e. The lowest BCUT2D eigenvalue weighted by Crippen LogP contribution is -2.53. The zero-order valence-corrected chi connectivity index (χ0v) is 12.4. The fourth-order valence-electron chi connectivity index (χ4n) is 2.75. The van der Waals surface area contributed by atoms with E-state index in [-0.39, 0.29) is 5.60 Å². The van der Waals surface area contributed by atoms with Crippen LogP contribution in [0.5, 0.6) is 0 Å². The van der Waals surface area contributed by atoms with Gasteiger partial charge in [0.1, 0.15) is 0 Å². The van der Waals surface area contributed by atoms with E-state index in [2.05, 4.69) is 29.5 Å². The topological polar surface area (TPSA) is 52.0 Å². The van der Waals surface area contributed by atoms with E-state index in [0.717, 1.165) is 38.1 Å². The lowest BCUT2D eigenvalue weighted by molar-refractivity contribution is -0.0885. The van der Waals surface area contributed by atoms with Gasteiger partial charge in [-0.05, 0) is 39.2 Å². The van der Waals surface area contributed by atoms with Crippen LogP contribution in [0.4, 0.5) is 0 Å². The molecule has 0 aliphatic carbocycles. The van der Waals surface area contributed by atoms with Gasteiger partial charge in [0, 0.05) is 32.3 Å². The first-order chi connectivity index (χ1) is 9.14. The van der Waals surface area contributed by atoms with E-state index >= 15 is 0 Å². The zero-order valence-electron chi connectivity index (χ0n) is 12.4. The van der Waals surface area contributed by atoms with Crippen LogP contribution in [0.25, 0.3) is 0 Å². The Morgan fingerprint density at radius 3 is 2.95 bits per heavy atom. The van der Waals surface area contributed by atoms with E-state index < -0.39 is 0 Å². The second-order valence-electron chi connectivity index (χ2n) is 5.71. The minimum Gasteiger partial charge on any atom is -0.374 e. The molecular formula is C14H26N4O. The van der Waals surface area contributed by atoms with Crippen LogP contribution in [0.3, 0.4) is 0 Å². The van der Waals surface area contributed by atoms with Crippen LogP contribution < -0.4 is 5.32 Å². The molecule has 1 N–H and O–H groups in total. The van der Waals surface area contributed by atoms with Gasteiger partial charge >= 0.3 is 0 Å². The minimum absolute atomic E-state index is 0.0784. The monoisotopic (exact) mass is 266 g/mol. The third-order valence-corrected chi connectivity index (χ3v) is 3.94. The van der Waals surface area contributed by atoms with Crippen LogP contribution in [0.2, 0.25) is 0 Å². The molecule has 108 valence electrons. The van der Waals surface area contributed by atoms with Gasteiger partial charge in [-0.2, -0.15) is 0 Å². The van der Waals surface area contributed by atoms with Crippen LogP contribution in [-0.4, -0.2) is 39.8 Å². The quantitative estimate of drug-likeness (QED) is 0.851. The van der Waals surface area contributed by atoms with Crippen molar-refractivity contribution in [2.75, 3.05) is 13.2 Å². The third-order valence-electron chi connectivity index (χ3n) is 3.94. The summed E-state index contributed by atoms with van der Waals surface area (Å²) in [4.78, 5) is 0. The number of rotatable bonds is 6. The van der Waals surface area contributed by atoms with Crippen molar-refractivity contribution in [1.29, 1.82) is 0 Å². The molecular weight excluding hydrogens is 240 g/mol. The maximum absolute atomic E-state index is 6.09. The van der Waals surface area contributed by atoms with Gasteiger partial charge in [-0.1, -0.05) is 12.1 Å². The number of nitrogens with one attached hydrogen (secondary N) is 1. The molecule has 1 aliphatic heterocycles. The molecule has 2 atom stereocenters. The SMILES string of the molecule is CCCNC(Cc1cn(C)nn1)C1(C)CCCCO1. The Hall–Kier alpha value is -0.940. The summed E-state index contributed by atoms with van der Waals surface area (Å²) in [5.41, 5.74) is 0.955. The first-order valence-electron chi connectivity index (χ1n) is 7.36. The summed E-state index contributed by atoms with van der Waals surface area (Å²) < 4.78 is 7.85. The number of nitrogens with zero attached hydrogens (tertiary/aromatic N) is 3. The van der Waals surface area contributed by atoms with Gasteiger partial charge in [-0.25, -0.2) is 0 Å². The highest BCUT2D eigenvalue weighted by atomic mass is 16.5. The number of aryl methyl sites for hydroxylation is 1. The van der Waals surface area contributed by atoms with Gasteiger partial charge < -0.3 is 10.1 Å². The molecule has 1 aromatic rings. The van der Waals surface area contributed by atoms with Crippen LogP contribution >= 0.6 is 0 Å². The predicted molar refractivity (Wildman–Crippen MR) is 75.0 cm³/mol. The molecule has 0 saturated carbocycles. The van der Waals surface area contributed by atoms with Crippen molar-refractivity contribution in [1.82, 2.24) is 20.3 Å². The summed E-state index contributed by atoms with van der Waals surface area (Å²) in [6.45, 7) is 6.32. The predicted octanol–water partition coefficient (Wildman–Crippen LogP) is 1.68. The Balaban J connectivity index is 2.05. The summed E-state index contributed by atoms with van der Waals surface area (Å²) in [5.74, 6) is 0. The van der Waals surface area contributed by atoms with Crippen LogP contribution in [-0.2, 0) is 18.2 Å². The number of hydrogen-bond donors (Lipinski definition) is 1. The molecule has 2 heterocycles. The summed E-state index contributed by atoms with van der Waals surface area (Å²) in [7, 11) is 1.91. The van der Waals surface area contributed by atoms with Crippen LogP contribution in [0, 0.1) is 0 Å². The van der Waals surface area contributed by atoms with E-state index in [4.69, 9.17) is 4.74 Å². The standard InChI is InChI=1S/C14H26N4O/c1-4-8-15-13(10-12-11-18(3)17-16-12)14(2)7-5-6-9-19-14/h11,13,15H,4-10H2,1-3H3. The molecule has 0 aromatic carbocycles. The fraction of sp³-hybridized carbons (Fsp3) is 0.857. The molecule has 0 radical (unpaired) electrons. The third kappa shape index (κ3) is 3.76. The molecule has 1 fully saturated rings. The second-order valence-corrected chi connectivity index (χ2v) is 5.71. The summed E-state index contributed by atoms with van der Waals surface area (Å²) in [5, 5.41) is 11.9. The van der Waals surface area contributed by atoms with Crippen molar-refractivity contribution in [3.63, 3.8) is 0 Å². The average molecular weight is 266 g/mol. The van der Waals surface area contributed by atoms with Crippen molar-refractivity contribution in [2.24, 2.45) is 7.05 Å². The molecule has 1 saturated heterocycles. The Bertz CT molecular complexity index is 385. The van der Waals surface area contributed by atoms with Crippen LogP contribution in [0.1, 0.15) is 45.2 Å². The lowest BCUT2D eigenvalue weighted by atomic mass is 9.85. The summed E-state index contributed by atoms with van der Waals surface area (Å²) in [6.07, 6.45) is 7.56. The van der Waals surface area contributed by atoms with Gasteiger partial charge in [-0.15, -0.1) is 5.10 Å². The Kier molecular flexibility index (Phi) is 4.93.